The molecule has 0 radical (unpaired) electrons. The molecule has 0 saturated carbocycles. The van der Waals surface area contributed by atoms with E-state index in [1.165, 1.54) is 0 Å². The maximum absolute atomic E-state index is 5.90. The number of ether oxygens (including phenoxy) is 1. The molecule has 0 bridgehead atoms. The lowest BCUT2D eigenvalue weighted by molar-refractivity contribution is 0.444. The number of hydrogen-bond donors (Lipinski definition) is 1. The molecule has 1 aromatic heterocycles. The Balaban J connectivity index is 2.32. The molecule has 2 rings (SSSR count). The van der Waals surface area contributed by atoms with Crippen LogP contribution in [-0.4, -0.2) is 12.0 Å². The summed E-state index contributed by atoms with van der Waals surface area (Å²) in [5.41, 5.74) is 1.06. The first-order valence-corrected chi connectivity index (χ1v) is 6.85. The summed E-state index contributed by atoms with van der Waals surface area (Å²) in [5, 5.41) is 3.20. The van der Waals surface area contributed by atoms with Crippen LogP contribution in [0.2, 0.25) is 0 Å². The highest BCUT2D eigenvalue weighted by Crippen LogP contribution is 2.29. The van der Waals surface area contributed by atoms with Crippen LogP contribution >= 0.6 is 22.6 Å². The molecule has 1 N–H and O–H groups in total. The molecule has 0 aliphatic rings. The number of rotatable bonds is 4. The van der Waals surface area contributed by atoms with Crippen molar-refractivity contribution in [3.05, 3.63) is 51.7 Å². The van der Waals surface area contributed by atoms with Gasteiger partial charge in [0.1, 0.15) is 5.75 Å². The van der Waals surface area contributed by atoms with Crippen molar-refractivity contribution in [2.24, 2.45) is 0 Å². The van der Waals surface area contributed by atoms with Gasteiger partial charge in [-0.3, -0.25) is 0 Å². The van der Waals surface area contributed by atoms with Crippen LogP contribution in [-0.2, 0) is 0 Å². The van der Waals surface area contributed by atoms with E-state index in [-0.39, 0.29) is 6.04 Å². The molecular weight excluding hydrogens is 339 g/mol. The van der Waals surface area contributed by atoms with Gasteiger partial charge >= 0.3 is 0 Å². The molecule has 18 heavy (non-hydrogen) atoms. The van der Waals surface area contributed by atoms with Gasteiger partial charge in [0.25, 0.3) is 0 Å². The quantitative estimate of drug-likeness (QED) is 0.849. The first-order valence-electron chi connectivity index (χ1n) is 5.77. The second-order valence-electron chi connectivity index (χ2n) is 3.94. The minimum Gasteiger partial charge on any atom is -0.438 e. The molecule has 0 fully saturated rings. The largest absolute Gasteiger partial charge is 0.438 e. The van der Waals surface area contributed by atoms with Crippen LogP contribution in [0.5, 0.6) is 11.6 Å². The van der Waals surface area contributed by atoms with Gasteiger partial charge in [-0.25, -0.2) is 4.98 Å². The van der Waals surface area contributed by atoms with Crippen LogP contribution in [0.3, 0.4) is 0 Å². The summed E-state index contributed by atoms with van der Waals surface area (Å²) < 4.78 is 6.98. The Bertz CT molecular complexity index is 531. The van der Waals surface area contributed by atoms with E-state index in [9.17, 15) is 0 Å². The molecule has 3 nitrogen and oxygen atoms in total. The van der Waals surface area contributed by atoms with Crippen LogP contribution in [0.1, 0.15) is 18.5 Å². The number of nitrogens with one attached hydrogen (secondary N) is 1. The highest BCUT2D eigenvalue weighted by atomic mass is 127. The fourth-order valence-electron chi connectivity index (χ4n) is 1.61. The maximum Gasteiger partial charge on any atom is 0.224 e. The van der Waals surface area contributed by atoms with Gasteiger partial charge in [-0.1, -0.05) is 18.2 Å². The highest BCUT2D eigenvalue weighted by molar-refractivity contribution is 14.1. The maximum atomic E-state index is 5.90. The lowest BCUT2D eigenvalue weighted by atomic mass is 10.1. The van der Waals surface area contributed by atoms with E-state index >= 15 is 0 Å². The van der Waals surface area contributed by atoms with Crippen LogP contribution in [0, 0.1) is 3.57 Å². The molecule has 1 aromatic carbocycles. The predicted molar refractivity (Wildman–Crippen MR) is 80.9 cm³/mol. The zero-order valence-electron chi connectivity index (χ0n) is 10.4. The summed E-state index contributed by atoms with van der Waals surface area (Å²) >= 11 is 2.26. The van der Waals surface area contributed by atoms with Gasteiger partial charge in [0.2, 0.25) is 5.88 Å². The molecule has 94 valence electrons. The molecule has 0 aliphatic carbocycles. The molecule has 0 amide bonds. The number of nitrogens with zero attached hydrogens (tertiary/aromatic N) is 1. The van der Waals surface area contributed by atoms with Crippen molar-refractivity contribution in [3.8, 4) is 11.6 Å². The van der Waals surface area contributed by atoms with E-state index in [2.05, 4.69) is 39.8 Å². The normalized spacial score (nSPS) is 12.2. The number of benzene rings is 1. The molecule has 0 spiro atoms. The van der Waals surface area contributed by atoms with Gasteiger partial charge < -0.3 is 10.1 Å². The summed E-state index contributed by atoms with van der Waals surface area (Å²) in [6.07, 6.45) is 1.75. The zero-order chi connectivity index (χ0) is 13.0. The molecule has 0 saturated heterocycles. The van der Waals surface area contributed by atoms with Gasteiger partial charge in [-0.05, 0) is 54.8 Å². The average molecular weight is 354 g/mol. The summed E-state index contributed by atoms with van der Waals surface area (Å²) in [7, 11) is 1.92. The van der Waals surface area contributed by atoms with Crippen molar-refractivity contribution in [3.63, 3.8) is 0 Å². The number of para-hydroxylation sites is 1. The Kier molecular flexibility index (Phi) is 4.54. The Morgan fingerprint density at radius 1 is 1.22 bits per heavy atom. The Labute approximate surface area is 121 Å². The summed E-state index contributed by atoms with van der Waals surface area (Å²) in [5.74, 6) is 1.49. The second-order valence-corrected chi connectivity index (χ2v) is 5.10. The van der Waals surface area contributed by atoms with Gasteiger partial charge in [0, 0.05) is 17.8 Å². The van der Waals surface area contributed by atoms with Crippen LogP contribution in [0.15, 0.2) is 42.6 Å². The first-order chi connectivity index (χ1) is 8.72. The van der Waals surface area contributed by atoms with E-state index in [1.807, 2.05) is 43.4 Å². The average Bonchev–Trinajstić information content (AvgIpc) is 2.41. The number of halogens is 1. The van der Waals surface area contributed by atoms with Crippen molar-refractivity contribution in [1.29, 1.82) is 0 Å². The van der Waals surface area contributed by atoms with E-state index in [0.29, 0.717) is 5.88 Å². The Hall–Kier alpha value is -1.14. The molecule has 4 heteroatoms. The highest BCUT2D eigenvalue weighted by Gasteiger charge is 2.12. The third-order valence-corrected chi connectivity index (χ3v) is 3.63. The zero-order valence-corrected chi connectivity index (χ0v) is 12.5. The SMILES string of the molecule is CNC(C)c1cccnc1Oc1ccccc1I. The topological polar surface area (TPSA) is 34.2 Å². The minimum absolute atomic E-state index is 0.204. The van der Waals surface area contributed by atoms with Crippen molar-refractivity contribution in [2.75, 3.05) is 7.05 Å². The van der Waals surface area contributed by atoms with Crippen molar-refractivity contribution in [2.45, 2.75) is 13.0 Å². The second kappa shape index (κ2) is 6.15. The standard InChI is InChI=1S/C14H15IN2O/c1-10(16-2)11-6-5-9-17-14(11)18-13-8-4-3-7-12(13)15/h3-10,16H,1-2H3. The Morgan fingerprint density at radius 3 is 2.72 bits per heavy atom. The molecule has 2 aromatic rings. The monoisotopic (exact) mass is 354 g/mol. The predicted octanol–water partition coefficient (Wildman–Crippen LogP) is 3.76. The van der Waals surface area contributed by atoms with E-state index < -0.39 is 0 Å². The van der Waals surface area contributed by atoms with E-state index in [1.54, 1.807) is 6.20 Å². The van der Waals surface area contributed by atoms with Crippen LogP contribution in [0.4, 0.5) is 0 Å². The summed E-state index contributed by atoms with van der Waals surface area (Å²) in [4.78, 5) is 4.32. The first kappa shape index (κ1) is 13.3. The molecule has 0 aliphatic heterocycles. The van der Waals surface area contributed by atoms with Crippen molar-refractivity contribution in [1.82, 2.24) is 10.3 Å². The summed E-state index contributed by atoms with van der Waals surface area (Å²) in [6, 6.07) is 12.1. The van der Waals surface area contributed by atoms with Crippen molar-refractivity contribution >= 4 is 22.6 Å². The smallest absolute Gasteiger partial charge is 0.224 e. The number of hydrogen-bond acceptors (Lipinski definition) is 3. The summed E-state index contributed by atoms with van der Waals surface area (Å²) in [6.45, 7) is 2.08. The molecular formula is C14H15IN2O. The van der Waals surface area contributed by atoms with Crippen molar-refractivity contribution < 1.29 is 4.74 Å². The lowest BCUT2D eigenvalue weighted by Crippen LogP contribution is -2.13. The fraction of sp³-hybridized carbons (Fsp3) is 0.214. The fourth-order valence-corrected chi connectivity index (χ4v) is 2.10. The van der Waals surface area contributed by atoms with Gasteiger partial charge in [-0.2, -0.15) is 0 Å². The lowest BCUT2D eigenvalue weighted by Gasteiger charge is -2.15. The van der Waals surface area contributed by atoms with Crippen LogP contribution < -0.4 is 10.1 Å². The third kappa shape index (κ3) is 3.00. The Morgan fingerprint density at radius 2 is 2.00 bits per heavy atom. The molecule has 1 atom stereocenters. The van der Waals surface area contributed by atoms with E-state index in [0.717, 1.165) is 14.9 Å². The van der Waals surface area contributed by atoms with Gasteiger partial charge in [-0.15, -0.1) is 0 Å². The number of aromatic nitrogens is 1. The van der Waals surface area contributed by atoms with Crippen LogP contribution in [0.25, 0.3) is 0 Å². The number of pyridine rings is 1. The molecule has 1 unspecified atom stereocenters. The van der Waals surface area contributed by atoms with E-state index in [4.69, 9.17) is 4.74 Å². The van der Waals surface area contributed by atoms with Gasteiger partial charge in [0.05, 0.1) is 3.57 Å². The minimum atomic E-state index is 0.204. The third-order valence-electron chi connectivity index (χ3n) is 2.74. The molecule has 1 heterocycles. The van der Waals surface area contributed by atoms with Gasteiger partial charge in [0.15, 0.2) is 0 Å².